The molecule has 2 fully saturated rings. The normalized spacial score (nSPS) is 23.3. The molecule has 0 radical (unpaired) electrons. The highest BCUT2D eigenvalue weighted by Gasteiger charge is 2.52. The van der Waals surface area contributed by atoms with Crippen LogP contribution < -0.4 is 14.8 Å². The molecule has 2 aliphatic heterocycles. The smallest absolute Gasteiger partial charge is 0.231 e. The molecule has 0 aromatic heterocycles. The Morgan fingerprint density at radius 2 is 2.00 bits per heavy atom. The molecule has 1 aliphatic carbocycles. The van der Waals surface area contributed by atoms with Crippen LogP contribution in [0.2, 0.25) is 0 Å². The van der Waals surface area contributed by atoms with Gasteiger partial charge < -0.3 is 29.2 Å². The minimum atomic E-state index is -0.390. The van der Waals surface area contributed by atoms with Crippen molar-refractivity contribution in [3.05, 3.63) is 53.6 Å². The Kier molecular flexibility index (Phi) is 7.16. The predicted molar refractivity (Wildman–Crippen MR) is 133 cm³/mol. The van der Waals surface area contributed by atoms with Gasteiger partial charge in [0.15, 0.2) is 11.5 Å². The standard InChI is InChI=1S/C28H34N2O6/c1-33-18-28(11-12-28)27(32)30-13-10-23-22(16-30)29-26(31)9-7-19-6-8-24(34-2)25(15-19)36-21-5-3-4-20(14-21)17-35-23/h3-6,8,14-15,22-23H,7,9-13,16-18H2,1-2H3,(H,29,31)/t22-,23+/m0/s1. The molecular formula is C28H34N2O6. The van der Waals surface area contributed by atoms with Gasteiger partial charge in [-0.1, -0.05) is 18.2 Å². The minimum absolute atomic E-state index is 0.0605. The SMILES string of the molecule is COCC1(C(=O)N2CC[C@H]3OCc4cccc(c4)Oc4cc(ccc4OC)CCC(=O)N[C@H]3C2)CC1. The van der Waals surface area contributed by atoms with E-state index in [1.165, 1.54) is 0 Å². The molecular weight excluding hydrogens is 460 g/mol. The van der Waals surface area contributed by atoms with Crippen molar-refractivity contribution in [2.24, 2.45) is 5.41 Å². The molecule has 2 amide bonds. The lowest BCUT2D eigenvalue weighted by molar-refractivity contribution is -0.144. The van der Waals surface area contributed by atoms with Crippen LogP contribution in [-0.4, -0.2) is 62.8 Å². The number of piperidine rings is 1. The molecule has 192 valence electrons. The lowest BCUT2D eigenvalue weighted by Gasteiger charge is -2.40. The zero-order chi connectivity index (χ0) is 25.1. The van der Waals surface area contributed by atoms with E-state index in [1.54, 1.807) is 14.2 Å². The molecule has 3 aliphatic rings. The van der Waals surface area contributed by atoms with Gasteiger partial charge in [0.05, 0.1) is 37.9 Å². The number of hydrogen-bond acceptors (Lipinski definition) is 6. The van der Waals surface area contributed by atoms with Crippen LogP contribution in [-0.2, 0) is 32.1 Å². The summed E-state index contributed by atoms with van der Waals surface area (Å²) in [7, 11) is 3.25. The Morgan fingerprint density at radius 1 is 1.14 bits per heavy atom. The first-order valence-corrected chi connectivity index (χ1v) is 12.6. The van der Waals surface area contributed by atoms with Crippen LogP contribution in [0.3, 0.4) is 0 Å². The summed E-state index contributed by atoms with van der Waals surface area (Å²) in [5.74, 6) is 2.00. The Labute approximate surface area is 211 Å². The summed E-state index contributed by atoms with van der Waals surface area (Å²) >= 11 is 0. The Morgan fingerprint density at radius 3 is 2.78 bits per heavy atom. The zero-order valence-electron chi connectivity index (χ0n) is 21.0. The topological polar surface area (TPSA) is 86.3 Å². The van der Waals surface area contributed by atoms with Crippen molar-refractivity contribution in [2.45, 2.75) is 50.9 Å². The summed E-state index contributed by atoms with van der Waals surface area (Å²) < 4.78 is 23.3. The van der Waals surface area contributed by atoms with E-state index in [-0.39, 0.29) is 24.0 Å². The van der Waals surface area contributed by atoms with Crippen LogP contribution in [0.4, 0.5) is 0 Å². The van der Waals surface area contributed by atoms with E-state index >= 15 is 0 Å². The highest BCUT2D eigenvalue weighted by atomic mass is 16.5. The van der Waals surface area contributed by atoms with Crippen molar-refractivity contribution in [2.75, 3.05) is 33.9 Å². The van der Waals surface area contributed by atoms with E-state index in [0.29, 0.717) is 62.8 Å². The van der Waals surface area contributed by atoms with E-state index in [1.807, 2.05) is 47.4 Å². The maximum atomic E-state index is 13.3. The summed E-state index contributed by atoms with van der Waals surface area (Å²) in [4.78, 5) is 28.1. The Bertz CT molecular complexity index is 1110. The number of ether oxygens (including phenoxy) is 4. The third kappa shape index (κ3) is 5.34. The van der Waals surface area contributed by atoms with Gasteiger partial charge in [-0.3, -0.25) is 9.59 Å². The molecule has 8 nitrogen and oxygen atoms in total. The van der Waals surface area contributed by atoms with Gasteiger partial charge in [0.25, 0.3) is 0 Å². The van der Waals surface area contributed by atoms with Gasteiger partial charge >= 0.3 is 0 Å². The summed E-state index contributed by atoms with van der Waals surface area (Å²) in [6, 6.07) is 13.3. The number of rotatable bonds is 4. The van der Waals surface area contributed by atoms with E-state index in [9.17, 15) is 9.59 Å². The van der Waals surface area contributed by atoms with Gasteiger partial charge in [-0.25, -0.2) is 0 Å². The van der Waals surface area contributed by atoms with Gasteiger partial charge in [0.1, 0.15) is 5.75 Å². The number of amides is 2. The average Bonchev–Trinajstić information content (AvgIpc) is 3.67. The fraction of sp³-hybridized carbons (Fsp3) is 0.500. The van der Waals surface area contributed by atoms with Crippen molar-refractivity contribution < 1.29 is 28.5 Å². The lowest BCUT2D eigenvalue weighted by Crippen LogP contribution is -2.58. The van der Waals surface area contributed by atoms with Crippen molar-refractivity contribution in [1.29, 1.82) is 0 Å². The molecule has 8 heteroatoms. The summed E-state index contributed by atoms with van der Waals surface area (Å²) in [5, 5.41) is 3.17. The summed E-state index contributed by atoms with van der Waals surface area (Å²) in [5.41, 5.74) is 1.56. The largest absolute Gasteiger partial charge is 0.493 e. The number of fused-ring (bicyclic) bond motifs is 5. The van der Waals surface area contributed by atoms with E-state index in [2.05, 4.69) is 5.32 Å². The second kappa shape index (κ2) is 10.5. The summed E-state index contributed by atoms with van der Waals surface area (Å²) in [6.07, 6.45) is 3.07. The first-order valence-electron chi connectivity index (χ1n) is 12.6. The van der Waals surface area contributed by atoms with Crippen molar-refractivity contribution in [3.63, 3.8) is 0 Å². The van der Waals surface area contributed by atoms with Gasteiger partial charge in [0.2, 0.25) is 11.8 Å². The number of carbonyl (C=O) groups excluding carboxylic acids is 2. The number of likely N-dealkylation sites (tertiary alicyclic amines) is 1. The molecule has 2 aromatic carbocycles. The second-order valence-electron chi connectivity index (χ2n) is 10.0. The van der Waals surface area contributed by atoms with E-state index in [0.717, 1.165) is 24.0 Å². The van der Waals surface area contributed by atoms with Crippen LogP contribution in [0.25, 0.3) is 0 Å². The van der Waals surface area contributed by atoms with Crippen molar-refractivity contribution in [1.82, 2.24) is 10.2 Å². The van der Waals surface area contributed by atoms with E-state index < -0.39 is 5.41 Å². The molecule has 2 heterocycles. The number of aryl methyl sites for hydroxylation is 1. The quantitative estimate of drug-likeness (QED) is 0.701. The number of benzene rings is 2. The molecule has 0 spiro atoms. The molecule has 1 saturated heterocycles. The molecule has 2 aromatic rings. The van der Waals surface area contributed by atoms with Crippen LogP contribution in [0.1, 0.15) is 36.8 Å². The number of nitrogens with one attached hydrogen (secondary N) is 1. The van der Waals surface area contributed by atoms with Crippen molar-refractivity contribution >= 4 is 11.8 Å². The van der Waals surface area contributed by atoms with Crippen LogP contribution in [0, 0.1) is 5.41 Å². The van der Waals surface area contributed by atoms with Crippen LogP contribution in [0.15, 0.2) is 42.5 Å². The fourth-order valence-electron chi connectivity index (χ4n) is 5.16. The Balaban J connectivity index is 1.37. The number of methoxy groups -OCH3 is 2. The highest BCUT2D eigenvalue weighted by Crippen LogP contribution is 2.47. The number of carbonyl (C=O) groups is 2. The van der Waals surface area contributed by atoms with Crippen LogP contribution >= 0.6 is 0 Å². The monoisotopic (exact) mass is 494 g/mol. The second-order valence-corrected chi connectivity index (χ2v) is 10.0. The third-order valence-electron chi connectivity index (χ3n) is 7.37. The number of nitrogens with zero attached hydrogens (tertiary/aromatic N) is 1. The van der Waals surface area contributed by atoms with Crippen LogP contribution in [0.5, 0.6) is 17.2 Å². The average molecular weight is 495 g/mol. The van der Waals surface area contributed by atoms with Gasteiger partial charge in [-0.15, -0.1) is 0 Å². The van der Waals surface area contributed by atoms with Gasteiger partial charge in [-0.05, 0) is 61.1 Å². The van der Waals surface area contributed by atoms with Crippen molar-refractivity contribution in [3.8, 4) is 17.2 Å². The molecule has 1 N–H and O–H groups in total. The summed E-state index contributed by atoms with van der Waals surface area (Å²) in [6.45, 7) is 1.88. The van der Waals surface area contributed by atoms with E-state index in [4.69, 9.17) is 18.9 Å². The zero-order valence-corrected chi connectivity index (χ0v) is 21.0. The Hall–Kier alpha value is -3.10. The maximum absolute atomic E-state index is 13.3. The molecule has 5 rings (SSSR count). The molecule has 4 bridgehead atoms. The van der Waals surface area contributed by atoms with Gasteiger partial charge in [0, 0.05) is 26.6 Å². The number of hydrogen-bond donors (Lipinski definition) is 1. The molecule has 2 atom stereocenters. The fourth-order valence-corrected chi connectivity index (χ4v) is 5.16. The first kappa shape index (κ1) is 24.6. The highest BCUT2D eigenvalue weighted by molar-refractivity contribution is 5.86. The lowest BCUT2D eigenvalue weighted by atomic mass is 9.98. The predicted octanol–water partition coefficient (Wildman–Crippen LogP) is 3.46. The van der Waals surface area contributed by atoms with Gasteiger partial charge in [-0.2, -0.15) is 0 Å². The molecule has 0 unspecified atom stereocenters. The first-order chi connectivity index (χ1) is 17.5. The minimum Gasteiger partial charge on any atom is -0.493 e. The maximum Gasteiger partial charge on any atom is 0.231 e. The molecule has 1 saturated carbocycles. The third-order valence-corrected chi connectivity index (χ3v) is 7.37. The molecule has 36 heavy (non-hydrogen) atoms.